The van der Waals surface area contributed by atoms with Crippen LogP contribution in [0.1, 0.15) is 57.8 Å². The van der Waals surface area contributed by atoms with E-state index in [1.807, 2.05) is 0 Å². The van der Waals surface area contributed by atoms with E-state index < -0.39 is 5.60 Å². The van der Waals surface area contributed by atoms with E-state index in [0.29, 0.717) is 0 Å². The number of aliphatic hydroxyl groups is 1. The molecule has 0 amide bonds. The summed E-state index contributed by atoms with van der Waals surface area (Å²) >= 11 is 0. The largest absolute Gasteiger partial charge is 0.388 e. The summed E-state index contributed by atoms with van der Waals surface area (Å²) in [6, 6.07) is 0. The fourth-order valence-corrected chi connectivity index (χ4v) is 2.83. The number of rotatable bonds is 1. The highest BCUT2D eigenvalue weighted by molar-refractivity contribution is 5.08. The quantitative estimate of drug-likeness (QED) is 0.610. The Labute approximate surface area is 80.5 Å². The molecule has 0 unspecified atom stereocenters. The van der Waals surface area contributed by atoms with Crippen molar-refractivity contribution < 1.29 is 5.11 Å². The smallest absolute Gasteiger partial charge is 0.0826 e. The maximum Gasteiger partial charge on any atom is 0.0826 e. The molecule has 0 bridgehead atoms. The predicted octanol–water partition coefficient (Wildman–Crippen LogP) is 1.95. The molecule has 0 heterocycles. The predicted molar refractivity (Wildman–Crippen MR) is 53.4 cm³/mol. The van der Waals surface area contributed by atoms with E-state index in [4.69, 9.17) is 5.73 Å². The van der Waals surface area contributed by atoms with Crippen molar-refractivity contribution in [1.82, 2.24) is 0 Å². The zero-order chi connectivity index (χ0) is 9.36. The third-order valence-corrected chi connectivity index (χ3v) is 4.10. The van der Waals surface area contributed by atoms with Crippen LogP contribution in [0.3, 0.4) is 0 Å². The monoisotopic (exact) mass is 183 g/mol. The molecule has 0 saturated heterocycles. The molecule has 2 saturated carbocycles. The average molecular weight is 183 g/mol. The standard InChI is InChI=1S/C11H21NO/c12-10(11(13)8-5-9-11)6-3-1-2-4-7-10/h13H,1-9,12H2. The minimum absolute atomic E-state index is 0.248. The van der Waals surface area contributed by atoms with Crippen molar-refractivity contribution in [3.63, 3.8) is 0 Å². The molecule has 76 valence electrons. The summed E-state index contributed by atoms with van der Waals surface area (Å²) in [5, 5.41) is 10.3. The molecule has 2 heteroatoms. The summed E-state index contributed by atoms with van der Waals surface area (Å²) in [6.07, 6.45) is 10.1. The van der Waals surface area contributed by atoms with E-state index in [-0.39, 0.29) is 5.54 Å². The van der Waals surface area contributed by atoms with E-state index in [9.17, 15) is 5.11 Å². The molecule has 0 spiro atoms. The van der Waals surface area contributed by atoms with Crippen LogP contribution >= 0.6 is 0 Å². The molecular formula is C11H21NO. The Kier molecular flexibility index (Phi) is 2.37. The Hall–Kier alpha value is -0.0800. The van der Waals surface area contributed by atoms with Gasteiger partial charge in [-0.05, 0) is 32.1 Å². The van der Waals surface area contributed by atoms with Gasteiger partial charge in [0.15, 0.2) is 0 Å². The molecule has 13 heavy (non-hydrogen) atoms. The zero-order valence-corrected chi connectivity index (χ0v) is 8.39. The van der Waals surface area contributed by atoms with Crippen LogP contribution in [0.15, 0.2) is 0 Å². The van der Waals surface area contributed by atoms with E-state index in [1.54, 1.807) is 0 Å². The highest BCUT2D eigenvalue weighted by atomic mass is 16.3. The summed E-state index contributed by atoms with van der Waals surface area (Å²) < 4.78 is 0. The minimum atomic E-state index is -0.503. The normalized spacial score (nSPS) is 31.8. The topological polar surface area (TPSA) is 46.2 Å². The Morgan fingerprint density at radius 1 is 0.769 bits per heavy atom. The maximum atomic E-state index is 10.3. The van der Waals surface area contributed by atoms with Gasteiger partial charge in [-0.3, -0.25) is 0 Å². The molecule has 3 N–H and O–H groups in total. The Bertz CT molecular complexity index is 179. The van der Waals surface area contributed by atoms with Crippen molar-refractivity contribution in [2.75, 3.05) is 0 Å². The Morgan fingerprint density at radius 3 is 1.69 bits per heavy atom. The van der Waals surface area contributed by atoms with Crippen LogP contribution in [0.25, 0.3) is 0 Å². The Morgan fingerprint density at radius 2 is 1.31 bits per heavy atom. The van der Waals surface area contributed by atoms with E-state index in [1.165, 1.54) is 25.7 Å². The summed E-state index contributed by atoms with van der Waals surface area (Å²) in [5.74, 6) is 0. The number of hydrogen-bond donors (Lipinski definition) is 2. The van der Waals surface area contributed by atoms with Gasteiger partial charge in [-0.25, -0.2) is 0 Å². The van der Waals surface area contributed by atoms with Crippen LogP contribution in [-0.4, -0.2) is 16.2 Å². The second kappa shape index (κ2) is 3.25. The fraction of sp³-hybridized carbons (Fsp3) is 1.00. The van der Waals surface area contributed by atoms with Crippen molar-refractivity contribution in [2.45, 2.75) is 68.9 Å². The molecule has 2 fully saturated rings. The van der Waals surface area contributed by atoms with Gasteiger partial charge < -0.3 is 10.8 Å². The summed E-state index contributed by atoms with van der Waals surface area (Å²) in [7, 11) is 0. The summed E-state index contributed by atoms with van der Waals surface area (Å²) in [4.78, 5) is 0. The third kappa shape index (κ3) is 1.50. The van der Waals surface area contributed by atoms with Gasteiger partial charge in [0.05, 0.1) is 5.60 Å². The van der Waals surface area contributed by atoms with Gasteiger partial charge in [-0.15, -0.1) is 0 Å². The molecule has 0 aromatic carbocycles. The van der Waals surface area contributed by atoms with Crippen molar-refractivity contribution in [3.05, 3.63) is 0 Å². The molecule has 2 rings (SSSR count). The van der Waals surface area contributed by atoms with Crippen molar-refractivity contribution >= 4 is 0 Å². The lowest BCUT2D eigenvalue weighted by Gasteiger charge is -2.50. The average Bonchev–Trinajstić information content (AvgIpc) is 2.27. The molecule has 2 aliphatic rings. The van der Waals surface area contributed by atoms with E-state index in [2.05, 4.69) is 0 Å². The van der Waals surface area contributed by atoms with Crippen LogP contribution < -0.4 is 5.73 Å². The first kappa shape index (κ1) is 9.47. The molecule has 0 aliphatic heterocycles. The van der Waals surface area contributed by atoms with Gasteiger partial charge >= 0.3 is 0 Å². The van der Waals surface area contributed by atoms with Gasteiger partial charge in [-0.1, -0.05) is 25.7 Å². The molecule has 0 atom stereocenters. The van der Waals surface area contributed by atoms with Crippen LogP contribution in [0, 0.1) is 0 Å². The Balaban J connectivity index is 2.07. The third-order valence-electron chi connectivity index (χ3n) is 4.10. The molecular weight excluding hydrogens is 162 g/mol. The molecule has 2 aliphatic carbocycles. The van der Waals surface area contributed by atoms with Crippen LogP contribution in [0.4, 0.5) is 0 Å². The number of hydrogen-bond acceptors (Lipinski definition) is 2. The van der Waals surface area contributed by atoms with E-state index in [0.717, 1.165) is 32.1 Å². The first-order valence-electron chi connectivity index (χ1n) is 5.68. The number of nitrogens with two attached hydrogens (primary N) is 1. The van der Waals surface area contributed by atoms with Crippen molar-refractivity contribution in [2.24, 2.45) is 5.73 Å². The fourth-order valence-electron chi connectivity index (χ4n) is 2.83. The second-order valence-electron chi connectivity index (χ2n) is 4.96. The van der Waals surface area contributed by atoms with Crippen LogP contribution in [0.2, 0.25) is 0 Å². The SMILES string of the molecule is NC1(C2(O)CCC2)CCCCCC1. The second-order valence-corrected chi connectivity index (χ2v) is 4.96. The maximum absolute atomic E-state index is 10.3. The molecule has 0 radical (unpaired) electrons. The first-order chi connectivity index (χ1) is 6.16. The van der Waals surface area contributed by atoms with Crippen molar-refractivity contribution in [3.8, 4) is 0 Å². The summed E-state index contributed by atoms with van der Waals surface area (Å²) in [6.45, 7) is 0. The van der Waals surface area contributed by atoms with Crippen molar-refractivity contribution in [1.29, 1.82) is 0 Å². The first-order valence-corrected chi connectivity index (χ1v) is 5.68. The van der Waals surface area contributed by atoms with Gasteiger partial charge in [0.25, 0.3) is 0 Å². The highest BCUT2D eigenvalue weighted by Gasteiger charge is 2.50. The minimum Gasteiger partial charge on any atom is -0.388 e. The van der Waals surface area contributed by atoms with Gasteiger partial charge in [0.2, 0.25) is 0 Å². The molecule has 0 aromatic heterocycles. The lowest BCUT2D eigenvalue weighted by Crippen LogP contribution is -2.63. The van der Waals surface area contributed by atoms with Crippen LogP contribution in [-0.2, 0) is 0 Å². The highest BCUT2D eigenvalue weighted by Crippen LogP contribution is 2.45. The zero-order valence-electron chi connectivity index (χ0n) is 8.39. The summed E-state index contributed by atoms with van der Waals surface area (Å²) in [5.41, 5.74) is 5.60. The van der Waals surface area contributed by atoms with Crippen LogP contribution in [0.5, 0.6) is 0 Å². The van der Waals surface area contributed by atoms with E-state index >= 15 is 0 Å². The lowest BCUT2D eigenvalue weighted by atomic mass is 9.64. The lowest BCUT2D eigenvalue weighted by molar-refractivity contribution is -0.102. The molecule has 2 nitrogen and oxygen atoms in total. The molecule has 0 aromatic rings. The van der Waals surface area contributed by atoms with Gasteiger partial charge in [0, 0.05) is 5.54 Å². The van der Waals surface area contributed by atoms with Gasteiger partial charge in [-0.2, -0.15) is 0 Å². The van der Waals surface area contributed by atoms with Gasteiger partial charge in [0.1, 0.15) is 0 Å².